The van der Waals surface area contributed by atoms with Crippen LogP contribution in [0.15, 0.2) is 23.0 Å². The Hall–Kier alpha value is -1.70. The molecule has 2 aliphatic carbocycles. The number of epoxide rings is 1. The van der Waals surface area contributed by atoms with Gasteiger partial charge < -0.3 is 23.7 Å². The number of rotatable bonds is 1. The average Bonchev–Trinajstić information content (AvgIpc) is 3.21. The molecule has 4 heterocycles. The standard InChI is InChI=1S/C25H32O7/c1-20(2)15-11-16(26)23(5)14(22(15,4)24(6,28)32-20)7-9-21(3)17(13-8-10-29-12-13)30-19(27)18-25(21,23)31-18/h8,10,12,14-15,17-18,28H,7,9,11H2,1-6H3/t14?,15?,17-,18?,21-,22+,23-,24?,25?/m0/s1. The third kappa shape index (κ3) is 1.90. The highest BCUT2D eigenvalue weighted by molar-refractivity contribution is 5.93. The molecule has 7 nitrogen and oxygen atoms in total. The summed E-state index contributed by atoms with van der Waals surface area (Å²) in [6.45, 7) is 11.8. The average molecular weight is 445 g/mol. The Kier molecular flexibility index (Phi) is 3.59. The van der Waals surface area contributed by atoms with Crippen molar-refractivity contribution in [1.29, 1.82) is 0 Å². The zero-order valence-corrected chi connectivity index (χ0v) is 19.6. The molecule has 32 heavy (non-hydrogen) atoms. The Labute approximate surface area is 187 Å². The number of carbonyl (C=O) groups is 2. The fourth-order valence-corrected chi connectivity index (χ4v) is 8.92. The summed E-state index contributed by atoms with van der Waals surface area (Å²) in [4.78, 5) is 27.1. The number of carbonyl (C=O) groups excluding carboxylic acids is 2. The number of Topliss-reactive ketones (excluding diaryl/α,β-unsaturated/α-hetero) is 1. The van der Waals surface area contributed by atoms with Gasteiger partial charge in [0.1, 0.15) is 17.5 Å². The van der Waals surface area contributed by atoms with E-state index in [1.807, 2.05) is 26.8 Å². The first kappa shape index (κ1) is 20.9. The highest BCUT2D eigenvalue weighted by atomic mass is 16.7. The number of cyclic esters (lactones) is 1. The van der Waals surface area contributed by atoms with Gasteiger partial charge in [-0.25, -0.2) is 4.79 Å². The van der Waals surface area contributed by atoms with E-state index in [0.29, 0.717) is 12.8 Å². The molecule has 2 saturated carbocycles. The summed E-state index contributed by atoms with van der Waals surface area (Å²) in [5.74, 6) is -2.07. The molecule has 5 aliphatic rings. The predicted molar refractivity (Wildman–Crippen MR) is 111 cm³/mol. The summed E-state index contributed by atoms with van der Waals surface area (Å²) in [7, 11) is 0. The molecule has 6 rings (SSSR count). The van der Waals surface area contributed by atoms with Gasteiger partial charge in [-0.1, -0.05) is 13.8 Å². The second-order valence-corrected chi connectivity index (χ2v) is 12.0. The van der Waals surface area contributed by atoms with E-state index in [1.54, 1.807) is 19.5 Å². The SMILES string of the molecule is CC1(C)OC(C)(O)[C@@]2(C)C1CC(=O)[C@]1(C)C2CC[C@@]2(C)[C@H](c3ccoc3)OC(=O)C3OC321. The highest BCUT2D eigenvalue weighted by Gasteiger charge is 2.89. The van der Waals surface area contributed by atoms with Gasteiger partial charge in [0.25, 0.3) is 0 Å². The third-order valence-corrected chi connectivity index (χ3v) is 10.5. The lowest BCUT2D eigenvalue weighted by Crippen LogP contribution is -2.72. The van der Waals surface area contributed by atoms with Crippen molar-refractivity contribution in [2.75, 3.05) is 0 Å². The summed E-state index contributed by atoms with van der Waals surface area (Å²) in [6.07, 6.45) is 3.52. The molecule has 3 aliphatic heterocycles. The van der Waals surface area contributed by atoms with Crippen LogP contribution in [0.4, 0.5) is 0 Å². The van der Waals surface area contributed by atoms with E-state index >= 15 is 0 Å². The van der Waals surface area contributed by atoms with Gasteiger partial charge in [0.05, 0.1) is 23.5 Å². The summed E-state index contributed by atoms with van der Waals surface area (Å²) < 4.78 is 23.7. The van der Waals surface area contributed by atoms with Crippen LogP contribution in [0.3, 0.4) is 0 Å². The first-order valence-electron chi connectivity index (χ1n) is 11.6. The van der Waals surface area contributed by atoms with Gasteiger partial charge >= 0.3 is 5.97 Å². The Morgan fingerprint density at radius 1 is 1.03 bits per heavy atom. The summed E-state index contributed by atoms with van der Waals surface area (Å²) in [6, 6.07) is 1.81. The minimum absolute atomic E-state index is 0.0911. The topological polar surface area (TPSA) is 98.5 Å². The number of ether oxygens (including phenoxy) is 3. The van der Waals surface area contributed by atoms with Gasteiger partial charge in [-0.05, 0) is 52.5 Å². The lowest BCUT2D eigenvalue weighted by atomic mass is 9.37. The number of hydrogen-bond donors (Lipinski definition) is 1. The molecule has 0 radical (unpaired) electrons. The second kappa shape index (κ2) is 5.50. The number of aliphatic hydroxyl groups is 1. The van der Waals surface area contributed by atoms with E-state index in [2.05, 4.69) is 13.8 Å². The molecule has 9 atom stereocenters. The van der Waals surface area contributed by atoms with Crippen LogP contribution in [0, 0.1) is 28.1 Å². The molecule has 0 bridgehead atoms. The van der Waals surface area contributed by atoms with E-state index in [-0.39, 0.29) is 24.0 Å². The van der Waals surface area contributed by atoms with Crippen molar-refractivity contribution < 1.29 is 33.3 Å². The number of fused-ring (bicyclic) bond motifs is 3. The summed E-state index contributed by atoms with van der Waals surface area (Å²) >= 11 is 0. The highest BCUT2D eigenvalue weighted by Crippen LogP contribution is 2.80. The molecule has 5 fully saturated rings. The first-order chi connectivity index (χ1) is 14.8. The van der Waals surface area contributed by atoms with Crippen LogP contribution in [0.1, 0.15) is 72.5 Å². The van der Waals surface area contributed by atoms with Crippen LogP contribution in [0.25, 0.3) is 0 Å². The van der Waals surface area contributed by atoms with Gasteiger partial charge in [-0.2, -0.15) is 0 Å². The lowest BCUT2D eigenvalue weighted by Gasteiger charge is -2.64. The molecule has 174 valence electrons. The van der Waals surface area contributed by atoms with Crippen LogP contribution < -0.4 is 0 Å². The number of furan rings is 1. The normalized spacial score (nSPS) is 55.3. The Balaban J connectivity index is 1.54. The quantitative estimate of drug-likeness (QED) is 0.522. The maximum atomic E-state index is 14.1. The van der Waals surface area contributed by atoms with Crippen LogP contribution in [0.5, 0.6) is 0 Å². The lowest BCUT2D eigenvalue weighted by molar-refractivity contribution is -0.273. The molecule has 1 spiro atoms. The van der Waals surface area contributed by atoms with Crippen molar-refractivity contribution in [2.24, 2.45) is 28.1 Å². The molecule has 5 unspecified atom stereocenters. The van der Waals surface area contributed by atoms with Crippen LogP contribution in [-0.2, 0) is 23.8 Å². The molecule has 1 aromatic rings. The first-order valence-corrected chi connectivity index (χ1v) is 11.6. The molecule has 0 amide bonds. The van der Waals surface area contributed by atoms with Gasteiger partial charge in [0.2, 0.25) is 0 Å². The van der Waals surface area contributed by atoms with Gasteiger partial charge in [0.15, 0.2) is 11.9 Å². The smallest absolute Gasteiger partial charge is 0.339 e. The van der Waals surface area contributed by atoms with Crippen molar-refractivity contribution in [3.05, 3.63) is 24.2 Å². The molecule has 7 heteroatoms. The van der Waals surface area contributed by atoms with Crippen LogP contribution in [0.2, 0.25) is 0 Å². The Morgan fingerprint density at radius 2 is 1.75 bits per heavy atom. The minimum atomic E-state index is -1.40. The summed E-state index contributed by atoms with van der Waals surface area (Å²) in [5, 5.41) is 11.6. The van der Waals surface area contributed by atoms with Crippen molar-refractivity contribution in [3.8, 4) is 0 Å². The zero-order chi connectivity index (χ0) is 23.1. The fourth-order valence-electron chi connectivity index (χ4n) is 8.92. The van der Waals surface area contributed by atoms with E-state index in [0.717, 1.165) is 5.56 Å². The monoisotopic (exact) mass is 444 g/mol. The van der Waals surface area contributed by atoms with E-state index in [1.165, 1.54) is 0 Å². The molecule has 0 aromatic carbocycles. The minimum Gasteiger partial charge on any atom is -0.472 e. The van der Waals surface area contributed by atoms with E-state index < -0.39 is 51.4 Å². The van der Waals surface area contributed by atoms with E-state index in [9.17, 15) is 14.7 Å². The largest absolute Gasteiger partial charge is 0.472 e. The second-order valence-electron chi connectivity index (χ2n) is 12.0. The number of ketones is 1. The fraction of sp³-hybridized carbons (Fsp3) is 0.760. The molecule has 1 N–H and O–H groups in total. The zero-order valence-electron chi connectivity index (χ0n) is 19.6. The van der Waals surface area contributed by atoms with Gasteiger partial charge in [-0.15, -0.1) is 0 Å². The molecular formula is C25H32O7. The Morgan fingerprint density at radius 3 is 2.41 bits per heavy atom. The predicted octanol–water partition coefficient (Wildman–Crippen LogP) is 3.55. The van der Waals surface area contributed by atoms with Crippen LogP contribution >= 0.6 is 0 Å². The van der Waals surface area contributed by atoms with Crippen molar-refractivity contribution in [1.82, 2.24) is 0 Å². The molecular weight excluding hydrogens is 412 g/mol. The maximum Gasteiger partial charge on any atom is 0.339 e. The summed E-state index contributed by atoms with van der Waals surface area (Å²) in [5.41, 5.74) is -3.05. The molecule has 1 aromatic heterocycles. The number of hydrogen-bond acceptors (Lipinski definition) is 7. The van der Waals surface area contributed by atoms with Crippen molar-refractivity contribution >= 4 is 11.8 Å². The van der Waals surface area contributed by atoms with E-state index in [4.69, 9.17) is 18.6 Å². The van der Waals surface area contributed by atoms with Crippen molar-refractivity contribution in [3.63, 3.8) is 0 Å². The van der Waals surface area contributed by atoms with Gasteiger partial charge in [-0.3, -0.25) is 4.79 Å². The third-order valence-electron chi connectivity index (χ3n) is 10.5. The maximum absolute atomic E-state index is 14.1. The number of esters is 1. The molecule has 3 saturated heterocycles. The van der Waals surface area contributed by atoms with Crippen molar-refractivity contribution in [2.45, 2.75) is 90.0 Å². The van der Waals surface area contributed by atoms with Gasteiger partial charge in [0, 0.05) is 28.7 Å². The van der Waals surface area contributed by atoms with Crippen LogP contribution in [-0.4, -0.2) is 40.0 Å². The Bertz CT molecular complexity index is 1030.